The molecule has 14 heavy (non-hydrogen) atoms. The van der Waals surface area contributed by atoms with Gasteiger partial charge >= 0.3 is 0 Å². The molecule has 0 saturated carbocycles. The third kappa shape index (κ3) is 4.10. The molecule has 0 aromatic rings. The van der Waals surface area contributed by atoms with Crippen LogP contribution >= 0.6 is 0 Å². The first-order valence-electron chi connectivity index (χ1n) is 5.12. The zero-order valence-electron chi connectivity index (χ0n) is 9.16. The Kier molecular flexibility index (Phi) is 3.94. The largest absolute Gasteiger partial charge is 0.389 e. The maximum absolute atomic E-state index is 9.65. The molecule has 3 heteroatoms. The Morgan fingerprint density at radius 1 is 1.21 bits per heavy atom. The lowest BCUT2D eigenvalue weighted by Gasteiger charge is -2.36. The summed E-state index contributed by atoms with van der Waals surface area (Å²) in [6.07, 6.45) is 5.25. The molecule has 0 unspecified atom stereocenters. The molecule has 1 rings (SSSR count). The highest BCUT2D eigenvalue weighted by Crippen LogP contribution is 2.08. The van der Waals surface area contributed by atoms with Crippen LogP contribution < -0.4 is 0 Å². The minimum atomic E-state index is -0.589. The number of piperazine rings is 1. The van der Waals surface area contributed by atoms with Crippen molar-refractivity contribution in [1.29, 1.82) is 0 Å². The van der Waals surface area contributed by atoms with Gasteiger partial charge in [-0.3, -0.25) is 9.80 Å². The molecule has 1 saturated heterocycles. The van der Waals surface area contributed by atoms with Gasteiger partial charge in [0, 0.05) is 32.7 Å². The van der Waals surface area contributed by atoms with Gasteiger partial charge in [-0.05, 0) is 13.8 Å². The summed E-state index contributed by atoms with van der Waals surface area (Å²) in [4.78, 5) is 4.55. The van der Waals surface area contributed by atoms with Crippen molar-refractivity contribution in [3.8, 4) is 12.3 Å². The highest BCUT2D eigenvalue weighted by atomic mass is 16.3. The Labute approximate surface area is 86.7 Å². The zero-order valence-corrected chi connectivity index (χ0v) is 9.16. The summed E-state index contributed by atoms with van der Waals surface area (Å²) in [6.45, 7) is 9.23. The Hall–Kier alpha value is -0.560. The lowest BCUT2D eigenvalue weighted by molar-refractivity contribution is 0.0195. The molecule has 0 spiro atoms. The molecule has 1 N–H and O–H groups in total. The Balaban J connectivity index is 2.26. The van der Waals surface area contributed by atoms with Gasteiger partial charge in [-0.15, -0.1) is 6.42 Å². The lowest BCUT2D eigenvalue weighted by atomic mass is 10.1. The highest BCUT2D eigenvalue weighted by molar-refractivity contribution is 4.90. The van der Waals surface area contributed by atoms with Crippen LogP contribution in [0.4, 0.5) is 0 Å². The van der Waals surface area contributed by atoms with E-state index in [4.69, 9.17) is 6.42 Å². The van der Waals surface area contributed by atoms with Crippen LogP contribution in [0.15, 0.2) is 0 Å². The number of nitrogens with zero attached hydrogens (tertiary/aromatic N) is 2. The third-order valence-corrected chi connectivity index (χ3v) is 2.39. The van der Waals surface area contributed by atoms with E-state index in [9.17, 15) is 5.11 Å². The quantitative estimate of drug-likeness (QED) is 0.644. The lowest BCUT2D eigenvalue weighted by Crippen LogP contribution is -2.50. The van der Waals surface area contributed by atoms with Gasteiger partial charge in [0.2, 0.25) is 0 Å². The van der Waals surface area contributed by atoms with Gasteiger partial charge in [0.1, 0.15) is 0 Å². The fourth-order valence-electron chi connectivity index (χ4n) is 1.78. The fourth-order valence-corrected chi connectivity index (χ4v) is 1.78. The molecule has 0 aliphatic carbocycles. The molecule has 0 aromatic carbocycles. The smallest absolute Gasteiger partial charge is 0.0718 e. The summed E-state index contributed by atoms with van der Waals surface area (Å²) < 4.78 is 0. The van der Waals surface area contributed by atoms with Crippen molar-refractivity contribution < 1.29 is 5.11 Å². The van der Waals surface area contributed by atoms with Crippen LogP contribution in [-0.2, 0) is 0 Å². The highest BCUT2D eigenvalue weighted by Gasteiger charge is 2.21. The first-order chi connectivity index (χ1) is 6.51. The molecule has 1 aliphatic heterocycles. The molecule has 0 aromatic heterocycles. The van der Waals surface area contributed by atoms with Crippen LogP contribution in [0, 0.1) is 12.3 Å². The Bertz CT molecular complexity index is 206. The number of rotatable bonds is 3. The SMILES string of the molecule is C#CCN1CCN(CC(C)(C)O)CC1. The molecule has 1 heterocycles. The van der Waals surface area contributed by atoms with Crippen LogP contribution in [0.2, 0.25) is 0 Å². The van der Waals surface area contributed by atoms with E-state index in [0.717, 1.165) is 39.3 Å². The number of β-amino-alcohol motifs (C(OH)–C–C–N with tert-alkyl or cyclic N) is 1. The second-order valence-corrected chi connectivity index (χ2v) is 4.57. The van der Waals surface area contributed by atoms with E-state index < -0.39 is 5.60 Å². The number of hydrogen-bond acceptors (Lipinski definition) is 3. The molecular formula is C11H20N2O. The maximum atomic E-state index is 9.65. The first kappa shape index (κ1) is 11.5. The van der Waals surface area contributed by atoms with Crippen LogP contribution in [0.3, 0.4) is 0 Å². The molecule has 0 atom stereocenters. The third-order valence-electron chi connectivity index (χ3n) is 2.39. The van der Waals surface area contributed by atoms with E-state index >= 15 is 0 Å². The normalized spacial score (nSPS) is 20.7. The Morgan fingerprint density at radius 3 is 2.14 bits per heavy atom. The van der Waals surface area contributed by atoms with Gasteiger partial charge < -0.3 is 5.11 Å². The molecule has 80 valence electrons. The number of terminal acetylenes is 1. The fraction of sp³-hybridized carbons (Fsp3) is 0.818. The van der Waals surface area contributed by atoms with Crippen molar-refractivity contribution in [1.82, 2.24) is 9.80 Å². The summed E-state index contributed by atoms with van der Waals surface area (Å²) in [5.41, 5.74) is -0.589. The van der Waals surface area contributed by atoms with E-state index in [1.54, 1.807) is 0 Å². The average molecular weight is 196 g/mol. The van der Waals surface area contributed by atoms with Gasteiger partial charge in [-0.1, -0.05) is 5.92 Å². The monoisotopic (exact) mass is 196 g/mol. The second kappa shape index (κ2) is 4.79. The van der Waals surface area contributed by atoms with Gasteiger partial charge in [0.25, 0.3) is 0 Å². The predicted octanol–water partition coefficient (Wildman–Crippen LogP) is 0.00810. The molecular weight excluding hydrogens is 176 g/mol. The van der Waals surface area contributed by atoms with Gasteiger partial charge in [0.15, 0.2) is 0 Å². The van der Waals surface area contributed by atoms with Crippen molar-refractivity contribution in [3.63, 3.8) is 0 Å². The minimum Gasteiger partial charge on any atom is -0.389 e. The minimum absolute atomic E-state index is 0.589. The molecule has 0 bridgehead atoms. The summed E-state index contributed by atoms with van der Waals surface area (Å²) in [6, 6.07) is 0. The summed E-state index contributed by atoms with van der Waals surface area (Å²) >= 11 is 0. The van der Waals surface area contributed by atoms with E-state index in [1.165, 1.54) is 0 Å². The molecule has 0 amide bonds. The van der Waals surface area contributed by atoms with Gasteiger partial charge in [-0.2, -0.15) is 0 Å². The van der Waals surface area contributed by atoms with Crippen molar-refractivity contribution >= 4 is 0 Å². The van der Waals surface area contributed by atoms with Crippen molar-refractivity contribution in [2.24, 2.45) is 0 Å². The van der Waals surface area contributed by atoms with Crippen LogP contribution in [0.25, 0.3) is 0 Å². The maximum Gasteiger partial charge on any atom is 0.0718 e. The van der Waals surface area contributed by atoms with Crippen molar-refractivity contribution in [2.75, 3.05) is 39.3 Å². The topological polar surface area (TPSA) is 26.7 Å². The van der Waals surface area contributed by atoms with Crippen LogP contribution in [-0.4, -0.2) is 59.8 Å². The summed E-state index contributed by atoms with van der Waals surface area (Å²) in [5, 5.41) is 9.65. The predicted molar refractivity (Wildman–Crippen MR) is 58.0 cm³/mol. The van der Waals surface area contributed by atoms with E-state index in [-0.39, 0.29) is 0 Å². The zero-order chi connectivity index (χ0) is 10.6. The molecule has 3 nitrogen and oxygen atoms in total. The van der Waals surface area contributed by atoms with E-state index in [0.29, 0.717) is 0 Å². The summed E-state index contributed by atoms with van der Waals surface area (Å²) in [7, 11) is 0. The Morgan fingerprint density at radius 2 is 1.71 bits per heavy atom. The number of hydrogen-bond donors (Lipinski definition) is 1. The van der Waals surface area contributed by atoms with Crippen molar-refractivity contribution in [2.45, 2.75) is 19.4 Å². The molecule has 1 aliphatic rings. The van der Waals surface area contributed by atoms with E-state index in [1.807, 2.05) is 13.8 Å². The molecule has 0 radical (unpaired) electrons. The molecule has 1 fully saturated rings. The van der Waals surface area contributed by atoms with Crippen molar-refractivity contribution in [3.05, 3.63) is 0 Å². The van der Waals surface area contributed by atoms with Crippen LogP contribution in [0.5, 0.6) is 0 Å². The van der Waals surface area contributed by atoms with E-state index in [2.05, 4.69) is 15.7 Å². The van der Waals surface area contributed by atoms with Gasteiger partial charge in [0.05, 0.1) is 12.1 Å². The van der Waals surface area contributed by atoms with Gasteiger partial charge in [-0.25, -0.2) is 0 Å². The standard InChI is InChI=1S/C11H20N2O/c1-4-5-12-6-8-13(9-7-12)10-11(2,3)14/h1,14H,5-10H2,2-3H3. The number of aliphatic hydroxyl groups is 1. The first-order valence-corrected chi connectivity index (χ1v) is 5.12. The second-order valence-electron chi connectivity index (χ2n) is 4.57. The van der Waals surface area contributed by atoms with Crippen LogP contribution in [0.1, 0.15) is 13.8 Å². The summed E-state index contributed by atoms with van der Waals surface area (Å²) in [5.74, 6) is 2.66. The average Bonchev–Trinajstić information content (AvgIpc) is 2.06.